The molecule has 0 unspecified atom stereocenters. The van der Waals surface area contributed by atoms with Gasteiger partial charge in [-0.3, -0.25) is 5.10 Å². The number of fused-ring (bicyclic) bond motifs is 1. The Balaban J connectivity index is 1.69. The predicted molar refractivity (Wildman–Crippen MR) is 77.9 cm³/mol. The van der Waals surface area contributed by atoms with Crippen molar-refractivity contribution in [1.29, 1.82) is 0 Å². The average Bonchev–Trinajstić information content (AvgIpc) is 3.17. The van der Waals surface area contributed by atoms with Crippen molar-refractivity contribution in [1.82, 2.24) is 30.4 Å². The lowest BCUT2D eigenvalue weighted by atomic mass is 10.2. The highest BCUT2D eigenvalue weighted by Crippen LogP contribution is 2.16. The van der Waals surface area contributed by atoms with Crippen LogP contribution in [0.25, 0.3) is 10.9 Å². The van der Waals surface area contributed by atoms with Crippen LogP contribution in [-0.2, 0) is 17.9 Å². The fourth-order valence-corrected chi connectivity index (χ4v) is 2.13. The lowest BCUT2D eigenvalue weighted by Crippen LogP contribution is -2.11. The second-order valence-electron chi connectivity index (χ2n) is 4.87. The third kappa shape index (κ3) is 2.80. The van der Waals surface area contributed by atoms with Gasteiger partial charge in [0.1, 0.15) is 0 Å². The van der Waals surface area contributed by atoms with Gasteiger partial charge in [0, 0.05) is 11.9 Å². The molecule has 0 fully saturated rings. The summed E-state index contributed by atoms with van der Waals surface area (Å²) in [6, 6.07) is 7.39. The molecule has 0 saturated carbocycles. The van der Waals surface area contributed by atoms with Gasteiger partial charge in [-0.2, -0.15) is 5.10 Å². The van der Waals surface area contributed by atoms with Crippen molar-refractivity contribution < 1.29 is 9.53 Å². The van der Waals surface area contributed by atoms with E-state index in [9.17, 15) is 4.79 Å². The summed E-state index contributed by atoms with van der Waals surface area (Å²) in [5.74, 6) is 0.0316. The van der Waals surface area contributed by atoms with Gasteiger partial charge in [0.25, 0.3) is 0 Å². The molecule has 8 nitrogen and oxygen atoms in total. The van der Waals surface area contributed by atoms with Crippen LogP contribution >= 0.6 is 0 Å². The summed E-state index contributed by atoms with van der Waals surface area (Å²) in [6.07, 6.45) is 2.01. The Morgan fingerprint density at radius 1 is 1.36 bits per heavy atom. The molecule has 1 N–H and O–H groups in total. The number of tetrazole rings is 1. The quantitative estimate of drug-likeness (QED) is 0.696. The second-order valence-corrected chi connectivity index (χ2v) is 4.87. The topological polar surface area (TPSA) is 98.6 Å². The number of benzene rings is 1. The number of nitrogens with one attached hydrogen (secondary N) is 1. The van der Waals surface area contributed by atoms with Gasteiger partial charge in [-0.05, 0) is 22.9 Å². The van der Waals surface area contributed by atoms with Gasteiger partial charge in [-0.15, -0.1) is 5.10 Å². The highest BCUT2D eigenvalue weighted by Gasteiger charge is 2.16. The van der Waals surface area contributed by atoms with Crippen LogP contribution in [0.4, 0.5) is 0 Å². The van der Waals surface area contributed by atoms with Gasteiger partial charge in [-0.1, -0.05) is 31.5 Å². The normalized spacial score (nSPS) is 11.0. The number of carbonyl (C=O) groups is 1. The number of para-hydroxylation sites is 1. The molecule has 0 aliphatic carbocycles. The number of esters is 1. The zero-order chi connectivity index (χ0) is 15.4. The first-order valence-corrected chi connectivity index (χ1v) is 7.15. The minimum atomic E-state index is -0.498. The molecule has 0 saturated heterocycles. The number of H-pyrrole nitrogens is 1. The summed E-state index contributed by atoms with van der Waals surface area (Å²) < 4.78 is 6.93. The Morgan fingerprint density at radius 3 is 3.09 bits per heavy atom. The van der Waals surface area contributed by atoms with E-state index in [1.807, 2.05) is 24.3 Å². The number of hydrogen-bond donors (Lipinski definition) is 1. The molecule has 114 valence electrons. The zero-order valence-corrected chi connectivity index (χ0v) is 12.2. The van der Waals surface area contributed by atoms with E-state index in [1.165, 1.54) is 0 Å². The number of aromatic amines is 1. The maximum atomic E-state index is 12.2. The largest absolute Gasteiger partial charge is 0.453 e. The second kappa shape index (κ2) is 6.33. The maximum Gasteiger partial charge on any atom is 0.359 e. The molecule has 0 radical (unpaired) electrons. The summed E-state index contributed by atoms with van der Waals surface area (Å²) >= 11 is 0. The summed E-state index contributed by atoms with van der Waals surface area (Å²) in [5.41, 5.74) is 1.06. The summed E-state index contributed by atoms with van der Waals surface area (Å²) in [7, 11) is 0. The standard InChI is InChI=1S/C14H16N6O2/c1-2-3-8-20-12(16-18-19-20)9-22-14(21)13-10-6-4-5-7-11(10)15-17-13/h4-7H,2-3,8-9H2,1H3,(H,15,17). The first-order chi connectivity index (χ1) is 10.8. The highest BCUT2D eigenvalue weighted by molar-refractivity contribution is 6.01. The van der Waals surface area contributed by atoms with E-state index in [4.69, 9.17) is 4.74 Å². The summed E-state index contributed by atoms with van der Waals surface area (Å²) in [6.45, 7) is 2.82. The van der Waals surface area contributed by atoms with E-state index in [0.717, 1.165) is 23.7 Å². The Kier molecular flexibility index (Phi) is 4.08. The molecule has 2 aromatic heterocycles. The minimum Gasteiger partial charge on any atom is -0.453 e. The third-order valence-electron chi connectivity index (χ3n) is 3.33. The van der Waals surface area contributed by atoms with Crippen LogP contribution < -0.4 is 0 Å². The Labute approximate surface area is 126 Å². The number of nitrogens with zero attached hydrogens (tertiary/aromatic N) is 5. The highest BCUT2D eigenvalue weighted by atomic mass is 16.5. The molecule has 0 atom stereocenters. The van der Waals surface area contributed by atoms with Crippen LogP contribution in [0.5, 0.6) is 0 Å². The fourth-order valence-electron chi connectivity index (χ4n) is 2.13. The van der Waals surface area contributed by atoms with Crippen LogP contribution in [0.3, 0.4) is 0 Å². The molecule has 22 heavy (non-hydrogen) atoms. The molecule has 2 heterocycles. The molecule has 0 bridgehead atoms. The van der Waals surface area contributed by atoms with Crippen molar-refractivity contribution in [2.75, 3.05) is 0 Å². The molecule has 3 rings (SSSR count). The number of hydrogen-bond acceptors (Lipinski definition) is 6. The smallest absolute Gasteiger partial charge is 0.359 e. The van der Waals surface area contributed by atoms with Crippen LogP contribution in [-0.4, -0.2) is 36.4 Å². The van der Waals surface area contributed by atoms with Gasteiger partial charge >= 0.3 is 5.97 Å². The van der Waals surface area contributed by atoms with Gasteiger partial charge in [0.15, 0.2) is 18.1 Å². The van der Waals surface area contributed by atoms with Crippen molar-refractivity contribution in [3.63, 3.8) is 0 Å². The SMILES string of the molecule is CCCCn1nnnc1COC(=O)c1n[nH]c2ccccc12. The number of ether oxygens (including phenoxy) is 1. The number of aryl methyl sites for hydroxylation is 1. The first kappa shape index (κ1) is 14.2. The number of aromatic nitrogens is 6. The van der Waals surface area contributed by atoms with E-state index < -0.39 is 5.97 Å². The van der Waals surface area contributed by atoms with Gasteiger partial charge < -0.3 is 4.74 Å². The Bertz CT molecular complexity index is 778. The van der Waals surface area contributed by atoms with E-state index in [2.05, 4.69) is 32.6 Å². The van der Waals surface area contributed by atoms with Crippen molar-refractivity contribution in [3.05, 3.63) is 35.8 Å². The molecular formula is C14H16N6O2. The average molecular weight is 300 g/mol. The fraction of sp³-hybridized carbons (Fsp3) is 0.357. The zero-order valence-electron chi connectivity index (χ0n) is 12.2. The number of unbranched alkanes of at least 4 members (excludes halogenated alkanes) is 1. The van der Waals surface area contributed by atoms with E-state index in [-0.39, 0.29) is 12.3 Å². The molecule has 0 aliphatic rings. The summed E-state index contributed by atoms with van der Waals surface area (Å²) in [4.78, 5) is 12.2. The molecular weight excluding hydrogens is 284 g/mol. The molecule has 8 heteroatoms. The van der Waals surface area contributed by atoms with Crippen LogP contribution in [0.2, 0.25) is 0 Å². The van der Waals surface area contributed by atoms with E-state index >= 15 is 0 Å². The molecule has 0 spiro atoms. The Morgan fingerprint density at radius 2 is 2.23 bits per heavy atom. The monoisotopic (exact) mass is 300 g/mol. The number of rotatable bonds is 6. The first-order valence-electron chi connectivity index (χ1n) is 7.15. The maximum absolute atomic E-state index is 12.2. The van der Waals surface area contributed by atoms with Crippen LogP contribution in [0.1, 0.15) is 36.1 Å². The summed E-state index contributed by atoms with van der Waals surface area (Å²) in [5, 5.41) is 18.9. The number of carbonyl (C=O) groups excluding carboxylic acids is 1. The van der Waals surface area contributed by atoms with Crippen LogP contribution in [0.15, 0.2) is 24.3 Å². The van der Waals surface area contributed by atoms with E-state index in [0.29, 0.717) is 12.4 Å². The molecule has 3 aromatic rings. The molecule has 0 aliphatic heterocycles. The van der Waals surface area contributed by atoms with Crippen molar-refractivity contribution >= 4 is 16.9 Å². The lowest BCUT2D eigenvalue weighted by Gasteiger charge is -2.04. The molecule has 0 amide bonds. The Hall–Kier alpha value is -2.77. The molecule has 1 aromatic carbocycles. The minimum absolute atomic E-state index is 0.0245. The van der Waals surface area contributed by atoms with Gasteiger partial charge in [0.05, 0.1) is 5.52 Å². The third-order valence-corrected chi connectivity index (χ3v) is 3.33. The van der Waals surface area contributed by atoms with Crippen molar-refractivity contribution in [2.45, 2.75) is 32.9 Å². The van der Waals surface area contributed by atoms with Crippen molar-refractivity contribution in [3.8, 4) is 0 Å². The van der Waals surface area contributed by atoms with Crippen molar-refractivity contribution in [2.24, 2.45) is 0 Å². The van der Waals surface area contributed by atoms with Gasteiger partial charge in [-0.25, -0.2) is 9.48 Å². The predicted octanol–water partition coefficient (Wildman–Crippen LogP) is 1.71. The van der Waals surface area contributed by atoms with Crippen LogP contribution in [0, 0.1) is 0 Å². The lowest BCUT2D eigenvalue weighted by molar-refractivity contribution is 0.0451. The van der Waals surface area contributed by atoms with Gasteiger partial charge in [0.2, 0.25) is 0 Å². The van der Waals surface area contributed by atoms with E-state index in [1.54, 1.807) is 4.68 Å².